The van der Waals surface area contributed by atoms with E-state index in [1.165, 1.54) is 12.1 Å². The van der Waals surface area contributed by atoms with Gasteiger partial charge in [-0.2, -0.15) is 0 Å². The Hall–Kier alpha value is -2.38. The zero-order chi connectivity index (χ0) is 20.1. The highest BCUT2D eigenvalue weighted by atomic mass is 32.2. The van der Waals surface area contributed by atoms with Gasteiger partial charge in [-0.1, -0.05) is 18.2 Å². The maximum absolute atomic E-state index is 12.5. The molecule has 146 valence electrons. The lowest BCUT2D eigenvalue weighted by molar-refractivity contribution is 0.0919. The van der Waals surface area contributed by atoms with Crippen LogP contribution in [0.1, 0.15) is 36.7 Å². The maximum Gasteiger partial charge on any atom is 0.251 e. The fourth-order valence-corrected chi connectivity index (χ4v) is 3.50. The number of amides is 1. The third-order valence-corrected chi connectivity index (χ3v) is 5.22. The minimum atomic E-state index is -3.70. The number of sulfonamides is 1. The number of methoxy groups -OCH3 is 1. The molecule has 7 heteroatoms. The van der Waals surface area contributed by atoms with Crippen molar-refractivity contribution < 1.29 is 17.9 Å². The maximum atomic E-state index is 12.5. The van der Waals surface area contributed by atoms with Crippen LogP contribution in [-0.4, -0.2) is 33.5 Å². The Bertz CT molecular complexity index is 885. The van der Waals surface area contributed by atoms with Gasteiger partial charge in [0.1, 0.15) is 5.75 Å². The summed E-state index contributed by atoms with van der Waals surface area (Å²) >= 11 is 0. The molecule has 2 aromatic carbocycles. The van der Waals surface area contributed by atoms with Crippen LogP contribution in [0.25, 0.3) is 0 Å². The predicted molar refractivity (Wildman–Crippen MR) is 106 cm³/mol. The summed E-state index contributed by atoms with van der Waals surface area (Å²) in [4.78, 5) is 12.3. The summed E-state index contributed by atoms with van der Waals surface area (Å²) in [6, 6.07) is 13.5. The molecule has 2 rings (SSSR count). The third-order valence-electron chi connectivity index (χ3n) is 3.76. The predicted octanol–water partition coefficient (Wildman–Crippen LogP) is 2.74. The minimum absolute atomic E-state index is 0.0683. The van der Waals surface area contributed by atoms with Gasteiger partial charge >= 0.3 is 0 Å². The van der Waals surface area contributed by atoms with E-state index >= 15 is 0 Å². The van der Waals surface area contributed by atoms with Crippen molar-refractivity contribution in [3.8, 4) is 5.75 Å². The molecule has 0 aliphatic carbocycles. The second-order valence-corrected chi connectivity index (χ2v) is 8.99. The molecule has 2 N–H and O–H groups in total. The van der Waals surface area contributed by atoms with Gasteiger partial charge < -0.3 is 10.1 Å². The lowest BCUT2D eigenvalue weighted by Gasteiger charge is -2.20. The summed E-state index contributed by atoms with van der Waals surface area (Å²) in [5.74, 6) is 0.447. The van der Waals surface area contributed by atoms with Crippen molar-refractivity contribution in [2.75, 3.05) is 13.7 Å². The summed E-state index contributed by atoms with van der Waals surface area (Å²) in [6.07, 6.45) is 0.549. The number of hydrogen-bond acceptors (Lipinski definition) is 4. The lowest BCUT2D eigenvalue weighted by Crippen LogP contribution is -2.40. The summed E-state index contributed by atoms with van der Waals surface area (Å²) in [6.45, 7) is 5.86. The summed E-state index contributed by atoms with van der Waals surface area (Å²) < 4.78 is 32.7. The van der Waals surface area contributed by atoms with Gasteiger partial charge in [0.25, 0.3) is 5.91 Å². The summed E-state index contributed by atoms with van der Waals surface area (Å²) in [5.41, 5.74) is 0.905. The van der Waals surface area contributed by atoms with Crippen LogP contribution in [0.3, 0.4) is 0 Å². The number of nitrogens with one attached hydrogen (secondary N) is 2. The van der Waals surface area contributed by atoms with Crippen molar-refractivity contribution in [3.05, 3.63) is 59.7 Å². The molecular formula is C20H26N2O4S. The van der Waals surface area contributed by atoms with E-state index in [2.05, 4.69) is 10.0 Å². The average molecular weight is 391 g/mol. The zero-order valence-corrected chi connectivity index (χ0v) is 16.9. The van der Waals surface area contributed by atoms with Crippen molar-refractivity contribution in [1.29, 1.82) is 0 Å². The first-order valence-electron chi connectivity index (χ1n) is 8.66. The molecule has 0 aliphatic rings. The average Bonchev–Trinajstić information content (AvgIpc) is 2.61. The first-order chi connectivity index (χ1) is 12.6. The zero-order valence-electron chi connectivity index (χ0n) is 16.1. The summed E-state index contributed by atoms with van der Waals surface area (Å²) in [7, 11) is -2.10. The van der Waals surface area contributed by atoms with Gasteiger partial charge in [0.2, 0.25) is 10.0 Å². The SMILES string of the molecule is COc1ccc(CCNS(=O)(=O)c2cccc(C(=O)NC(C)(C)C)c2)cc1. The van der Waals surface area contributed by atoms with Crippen LogP contribution in [0.4, 0.5) is 0 Å². The first-order valence-corrected chi connectivity index (χ1v) is 10.1. The Balaban J connectivity index is 2.03. The number of ether oxygens (including phenoxy) is 1. The Labute approximate surface area is 161 Å². The van der Waals surface area contributed by atoms with Crippen LogP contribution in [0.2, 0.25) is 0 Å². The topological polar surface area (TPSA) is 84.5 Å². The normalized spacial score (nSPS) is 11.9. The van der Waals surface area contributed by atoms with E-state index in [1.807, 2.05) is 45.0 Å². The molecule has 0 aliphatic heterocycles. The molecule has 0 aromatic heterocycles. The Morgan fingerprint density at radius 2 is 1.74 bits per heavy atom. The van der Waals surface area contributed by atoms with Gasteiger partial charge in [0.05, 0.1) is 12.0 Å². The van der Waals surface area contributed by atoms with Crippen molar-refractivity contribution in [3.63, 3.8) is 0 Å². The largest absolute Gasteiger partial charge is 0.497 e. The van der Waals surface area contributed by atoms with E-state index < -0.39 is 15.6 Å². The number of rotatable bonds is 7. The summed E-state index contributed by atoms with van der Waals surface area (Å²) in [5, 5.41) is 2.82. The third kappa shape index (κ3) is 6.37. The molecule has 1 amide bonds. The van der Waals surface area contributed by atoms with Crippen molar-refractivity contribution in [2.24, 2.45) is 0 Å². The van der Waals surface area contributed by atoms with E-state index in [9.17, 15) is 13.2 Å². The number of carbonyl (C=O) groups excluding carboxylic acids is 1. The molecule has 0 atom stereocenters. The van der Waals surface area contributed by atoms with Gasteiger partial charge in [0, 0.05) is 17.6 Å². The molecule has 2 aromatic rings. The second-order valence-electron chi connectivity index (χ2n) is 7.23. The number of benzene rings is 2. The second kappa shape index (κ2) is 8.54. The molecule has 0 fully saturated rings. The quantitative estimate of drug-likeness (QED) is 0.761. The lowest BCUT2D eigenvalue weighted by atomic mass is 10.1. The van der Waals surface area contributed by atoms with Crippen LogP contribution >= 0.6 is 0 Å². The standard InChI is InChI=1S/C20H26N2O4S/c1-20(2,3)22-19(23)16-6-5-7-18(14-16)27(24,25)21-13-12-15-8-10-17(26-4)11-9-15/h5-11,14,21H,12-13H2,1-4H3,(H,22,23). The van der Waals surface area contributed by atoms with Crippen LogP contribution in [0.15, 0.2) is 53.4 Å². The van der Waals surface area contributed by atoms with E-state index in [0.29, 0.717) is 12.0 Å². The first kappa shape index (κ1) is 20.9. The van der Waals surface area contributed by atoms with Crippen LogP contribution in [0.5, 0.6) is 5.75 Å². The van der Waals surface area contributed by atoms with Crippen LogP contribution in [0, 0.1) is 0 Å². The highest BCUT2D eigenvalue weighted by Gasteiger charge is 2.19. The van der Waals surface area contributed by atoms with Crippen molar-refractivity contribution in [1.82, 2.24) is 10.0 Å². The van der Waals surface area contributed by atoms with Gasteiger partial charge in [-0.15, -0.1) is 0 Å². The molecular weight excluding hydrogens is 364 g/mol. The smallest absolute Gasteiger partial charge is 0.251 e. The molecule has 0 unspecified atom stereocenters. The van der Waals surface area contributed by atoms with Gasteiger partial charge in [-0.25, -0.2) is 13.1 Å². The highest BCUT2D eigenvalue weighted by Crippen LogP contribution is 2.14. The van der Waals surface area contributed by atoms with Crippen molar-refractivity contribution in [2.45, 2.75) is 37.6 Å². The van der Waals surface area contributed by atoms with E-state index in [-0.39, 0.29) is 17.3 Å². The Morgan fingerprint density at radius 1 is 1.07 bits per heavy atom. The van der Waals surface area contributed by atoms with Gasteiger partial charge in [-0.3, -0.25) is 4.79 Å². The Kier molecular flexibility index (Phi) is 6.62. The molecule has 6 nitrogen and oxygen atoms in total. The van der Waals surface area contributed by atoms with Gasteiger partial charge in [0.15, 0.2) is 0 Å². The van der Waals surface area contributed by atoms with Crippen molar-refractivity contribution >= 4 is 15.9 Å². The molecule has 0 radical (unpaired) electrons. The van der Waals surface area contributed by atoms with Crippen LogP contribution in [-0.2, 0) is 16.4 Å². The van der Waals surface area contributed by atoms with E-state index in [4.69, 9.17) is 4.74 Å². The van der Waals surface area contributed by atoms with Gasteiger partial charge in [-0.05, 0) is 63.1 Å². The number of hydrogen-bond donors (Lipinski definition) is 2. The minimum Gasteiger partial charge on any atom is -0.497 e. The monoisotopic (exact) mass is 390 g/mol. The molecule has 27 heavy (non-hydrogen) atoms. The molecule has 0 spiro atoms. The fourth-order valence-electron chi connectivity index (χ4n) is 2.42. The fraction of sp³-hybridized carbons (Fsp3) is 0.350. The Morgan fingerprint density at radius 3 is 2.33 bits per heavy atom. The van der Waals surface area contributed by atoms with E-state index in [1.54, 1.807) is 19.2 Å². The molecule has 0 heterocycles. The molecule has 0 saturated carbocycles. The number of carbonyl (C=O) groups is 1. The van der Waals surface area contributed by atoms with E-state index in [0.717, 1.165) is 11.3 Å². The highest BCUT2D eigenvalue weighted by molar-refractivity contribution is 7.89. The molecule has 0 bridgehead atoms. The molecule has 0 saturated heterocycles. The van der Waals surface area contributed by atoms with Crippen LogP contribution < -0.4 is 14.8 Å².